The summed E-state index contributed by atoms with van der Waals surface area (Å²) >= 11 is 0. The molecule has 2 aromatic carbocycles. The molecule has 148 valence electrons. The summed E-state index contributed by atoms with van der Waals surface area (Å²) in [7, 11) is 0. The molecule has 0 aromatic heterocycles. The van der Waals surface area contributed by atoms with Crippen molar-refractivity contribution in [2.75, 3.05) is 6.61 Å². The van der Waals surface area contributed by atoms with Crippen LogP contribution in [0.25, 0.3) is 0 Å². The quantitative estimate of drug-likeness (QED) is 0.579. The van der Waals surface area contributed by atoms with E-state index in [2.05, 4.69) is 5.32 Å². The Hall–Kier alpha value is -3.16. The largest absolute Gasteiger partial charge is 0.456 e. The molecule has 0 aliphatic rings. The molecular formula is C20H18F3NO4. The zero-order valence-electron chi connectivity index (χ0n) is 15.2. The lowest BCUT2D eigenvalue weighted by Crippen LogP contribution is -2.46. The molecule has 1 N–H and O–H groups in total. The summed E-state index contributed by atoms with van der Waals surface area (Å²) in [6, 6.07) is 6.39. The third-order valence-electron chi connectivity index (χ3n) is 3.91. The van der Waals surface area contributed by atoms with Crippen LogP contribution >= 0.6 is 0 Å². The van der Waals surface area contributed by atoms with E-state index in [1.807, 2.05) is 0 Å². The number of rotatable bonds is 7. The molecule has 0 bridgehead atoms. The van der Waals surface area contributed by atoms with Crippen LogP contribution in [0.3, 0.4) is 0 Å². The number of hydrogen-bond donors (Lipinski definition) is 1. The van der Waals surface area contributed by atoms with Gasteiger partial charge in [0.15, 0.2) is 12.4 Å². The molecule has 0 spiro atoms. The molecule has 0 aliphatic heterocycles. The normalized spacial score (nSPS) is 11.8. The molecule has 0 radical (unpaired) electrons. The number of ketones is 1. The van der Waals surface area contributed by atoms with Crippen molar-refractivity contribution in [2.45, 2.75) is 19.9 Å². The van der Waals surface area contributed by atoms with Gasteiger partial charge in [-0.25, -0.2) is 18.0 Å². The van der Waals surface area contributed by atoms with E-state index in [0.717, 1.165) is 30.3 Å². The molecule has 28 heavy (non-hydrogen) atoms. The average molecular weight is 393 g/mol. The van der Waals surface area contributed by atoms with Crippen molar-refractivity contribution in [1.29, 1.82) is 0 Å². The van der Waals surface area contributed by atoms with Crippen LogP contribution in [0.1, 0.15) is 34.6 Å². The summed E-state index contributed by atoms with van der Waals surface area (Å²) < 4.78 is 45.3. The molecule has 0 aliphatic carbocycles. The topological polar surface area (TPSA) is 72.5 Å². The lowest BCUT2D eigenvalue weighted by Gasteiger charge is -2.21. The first kappa shape index (κ1) is 21.1. The third kappa shape index (κ3) is 5.18. The number of amides is 1. The number of benzene rings is 2. The van der Waals surface area contributed by atoms with Gasteiger partial charge in [-0.3, -0.25) is 9.59 Å². The second kappa shape index (κ2) is 9.16. The summed E-state index contributed by atoms with van der Waals surface area (Å²) in [6.07, 6.45) is 0. The molecule has 0 heterocycles. The first-order valence-electron chi connectivity index (χ1n) is 8.41. The van der Waals surface area contributed by atoms with Crippen LogP contribution in [-0.4, -0.2) is 30.3 Å². The monoisotopic (exact) mass is 393 g/mol. The van der Waals surface area contributed by atoms with Crippen LogP contribution in [-0.2, 0) is 9.53 Å². The van der Waals surface area contributed by atoms with E-state index in [1.54, 1.807) is 13.8 Å². The van der Waals surface area contributed by atoms with Gasteiger partial charge in [0.2, 0.25) is 0 Å². The van der Waals surface area contributed by atoms with E-state index >= 15 is 0 Å². The average Bonchev–Trinajstić information content (AvgIpc) is 2.64. The molecule has 1 amide bonds. The Kier molecular flexibility index (Phi) is 6.92. The molecule has 8 heteroatoms. The molecule has 0 saturated heterocycles. The van der Waals surface area contributed by atoms with E-state index in [-0.39, 0.29) is 5.56 Å². The Morgan fingerprint density at radius 3 is 2.07 bits per heavy atom. The maximum Gasteiger partial charge on any atom is 0.329 e. The maximum absolute atomic E-state index is 13.7. The van der Waals surface area contributed by atoms with Crippen molar-refractivity contribution in [1.82, 2.24) is 5.32 Å². The fraction of sp³-hybridized carbons (Fsp3) is 0.250. The maximum atomic E-state index is 13.7. The van der Waals surface area contributed by atoms with Gasteiger partial charge in [0.05, 0.1) is 0 Å². The number of Topliss-reactive ketones (excluding diaryl/α,β-unsaturated/α-hetero) is 1. The molecule has 0 saturated carbocycles. The van der Waals surface area contributed by atoms with Gasteiger partial charge in [-0.2, -0.15) is 0 Å². The van der Waals surface area contributed by atoms with E-state index in [1.165, 1.54) is 12.1 Å². The summed E-state index contributed by atoms with van der Waals surface area (Å²) in [4.78, 5) is 36.5. The standard InChI is InChI=1S/C20H18F3NO4/c1-11(2)18(24-19(26)17-14(22)4-3-5-15(17)23)20(27)28-10-16(25)12-6-8-13(21)9-7-12/h3-9,11,18H,10H2,1-2H3,(H,24,26)/t18-/m0/s1. The smallest absolute Gasteiger partial charge is 0.329 e. The van der Waals surface area contributed by atoms with Crippen molar-refractivity contribution in [3.05, 3.63) is 71.0 Å². The highest BCUT2D eigenvalue weighted by molar-refractivity contribution is 5.99. The predicted molar refractivity (Wildman–Crippen MR) is 94.1 cm³/mol. The fourth-order valence-electron chi connectivity index (χ4n) is 2.37. The number of esters is 1. The van der Waals surface area contributed by atoms with Gasteiger partial charge in [-0.15, -0.1) is 0 Å². The first-order valence-corrected chi connectivity index (χ1v) is 8.41. The second-order valence-corrected chi connectivity index (χ2v) is 6.33. The highest BCUT2D eigenvalue weighted by Gasteiger charge is 2.29. The minimum atomic E-state index is -1.23. The van der Waals surface area contributed by atoms with Gasteiger partial charge in [-0.05, 0) is 42.3 Å². The summed E-state index contributed by atoms with van der Waals surface area (Å²) in [6.45, 7) is 2.55. The molecular weight excluding hydrogens is 375 g/mol. The predicted octanol–water partition coefficient (Wildman–Crippen LogP) is 3.28. The van der Waals surface area contributed by atoms with Gasteiger partial charge in [0.25, 0.3) is 5.91 Å². The van der Waals surface area contributed by atoms with Gasteiger partial charge >= 0.3 is 5.97 Å². The third-order valence-corrected chi connectivity index (χ3v) is 3.91. The number of hydrogen-bond acceptors (Lipinski definition) is 4. The van der Waals surface area contributed by atoms with Crippen molar-refractivity contribution in [3.8, 4) is 0 Å². The molecule has 0 fully saturated rings. The summed E-state index contributed by atoms with van der Waals surface area (Å²) in [5.41, 5.74) is -0.670. The van der Waals surface area contributed by atoms with Crippen LogP contribution in [0.4, 0.5) is 13.2 Å². The molecule has 2 rings (SSSR count). The summed E-state index contributed by atoms with van der Waals surface area (Å²) in [5, 5.41) is 2.23. The fourth-order valence-corrected chi connectivity index (χ4v) is 2.37. The lowest BCUT2D eigenvalue weighted by molar-refractivity contribution is -0.145. The lowest BCUT2D eigenvalue weighted by atomic mass is 10.0. The van der Waals surface area contributed by atoms with Crippen LogP contribution in [0.15, 0.2) is 42.5 Å². The number of halogens is 3. The van der Waals surface area contributed by atoms with E-state index < -0.39 is 59.2 Å². The Morgan fingerprint density at radius 1 is 0.964 bits per heavy atom. The highest BCUT2D eigenvalue weighted by atomic mass is 19.1. The number of carbonyl (C=O) groups is 3. The van der Waals surface area contributed by atoms with Crippen LogP contribution in [0.5, 0.6) is 0 Å². The van der Waals surface area contributed by atoms with Gasteiger partial charge in [0.1, 0.15) is 29.1 Å². The van der Waals surface area contributed by atoms with Crippen LogP contribution in [0.2, 0.25) is 0 Å². The Labute approximate surface area is 159 Å². The van der Waals surface area contributed by atoms with Gasteiger partial charge < -0.3 is 10.1 Å². The molecule has 5 nitrogen and oxygen atoms in total. The highest BCUT2D eigenvalue weighted by Crippen LogP contribution is 2.14. The first-order chi connectivity index (χ1) is 13.2. The number of carbonyl (C=O) groups excluding carboxylic acids is 3. The van der Waals surface area contributed by atoms with E-state index in [9.17, 15) is 27.6 Å². The van der Waals surface area contributed by atoms with Crippen molar-refractivity contribution in [2.24, 2.45) is 5.92 Å². The van der Waals surface area contributed by atoms with E-state index in [0.29, 0.717) is 0 Å². The van der Waals surface area contributed by atoms with Gasteiger partial charge in [0, 0.05) is 5.56 Å². The van der Waals surface area contributed by atoms with Crippen molar-refractivity contribution in [3.63, 3.8) is 0 Å². The molecule has 1 atom stereocenters. The second-order valence-electron chi connectivity index (χ2n) is 6.33. The van der Waals surface area contributed by atoms with Gasteiger partial charge in [-0.1, -0.05) is 19.9 Å². The Bertz CT molecular complexity index is 861. The number of nitrogens with one attached hydrogen (secondary N) is 1. The van der Waals surface area contributed by atoms with Crippen LogP contribution < -0.4 is 5.32 Å². The number of ether oxygens (including phenoxy) is 1. The zero-order chi connectivity index (χ0) is 20.8. The molecule has 2 aromatic rings. The SMILES string of the molecule is CC(C)[C@H](NC(=O)c1c(F)cccc1F)C(=O)OCC(=O)c1ccc(F)cc1. The van der Waals surface area contributed by atoms with Crippen molar-refractivity contribution < 1.29 is 32.3 Å². The van der Waals surface area contributed by atoms with Crippen molar-refractivity contribution >= 4 is 17.7 Å². The van der Waals surface area contributed by atoms with E-state index in [4.69, 9.17) is 4.74 Å². The minimum Gasteiger partial charge on any atom is -0.456 e. The zero-order valence-corrected chi connectivity index (χ0v) is 15.2. The Balaban J connectivity index is 2.04. The molecule has 0 unspecified atom stereocenters. The Morgan fingerprint density at radius 2 is 1.54 bits per heavy atom. The summed E-state index contributed by atoms with van der Waals surface area (Å²) in [5.74, 6) is -5.75. The van der Waals surface area contributed by atoms with Crippen LogP contribution in [0, 0.1) is 23.4 Å². The minimum absolute atomic E-state index is 0.146.